The lowest BCUT2D eigenvalue weighted by molar-refractivity contribution is -0.136. The smallest absolute Gasteiger partial charge is 0.225 e. The van der Waals surface area contributed by atoms with Crippen LogP contribution in [0.4, 0.5) is 0 Å². The van der Waals surface area contributed by atoms with Gasteiger partial charge in [0.15, 0.2) is 0 Å². The number of hydrogen-bond acceptors (Lipinski definition) is 1. The van der Waals surface area contributed by atoms with E-state index in [0.717, 1.165) is 19.5 Å². The summed E-state index contributed by atoms with van der Waals surface area (Å²) in [7, 11) is 0. The highest BCUT2D eigenvalue weighted by Crippen LogP contribution is 2.23. The number of piperidine rings is 1. The second kappa shape index (κ2) is 5.15. The fourth-order valence-electron chi connectivity index (χ4n) is 1.94. The Morgan fingerprint density at radius 2 is 2.21 bits per heavy atom. The molecule has 2 nitrogen and oxygen atoms in total. The van der Waals surface area contributed by atoms with Crippen molar-refractivity contribution in [1.29, 1.82) is 0 Å². The van der Waals surface area contributed by atoms with Crippen LogP contribution in [0, 0.1) is 11.8 Å². The molecular weight excluding hydrogens is 242 g/mol. The first-order valence-corrected chi connectivity index (χ1v) is 6.39. The van der Waals surface area contributed by atoms with Gasteiger partial charge < -0.3 is 4.90 Å². The first-order valence-electron chi connectivity index (χ1n) is 5.47. The van der Waals surface area contributed by atoms with E-state index in [-0.39, 0.29) is 5.92 Å². The maximum Gasteiger partial charge on any atom is 0.225 e. The van der Waals surface area contributed by atoms with Crippen LogP contribution in [0.2, 0.25) is 0 Å². The van der Waals surface area contributed by atoms with Crippen LogP contribution >= 0.6 is 15.9 Å². The SMILES string of the molecule is CCC(C)C(=O)N1CC(C)CC(Br)C1. The lowest BCUT2D eigenvalue weighted by Gasteiger charge is -2.35. The van der Waals surface area contributed by atoms with Gasteiger partial charge in [-0.2, -0.15) is 0 Å². The molecule has 1 saturated heterocycles. The molecule has 0 N–H and O–H groups in total. The van der Waals surface area contributed by atoms with E-state index in [1.807, 2.05) is 11.8 Å². The Balaban J connectivity index is 2.54. The van der Waals surface area contributed by atoms with Crippen molar-refractivity contribution in [3.05, 3.63) is 0 Å². The van der Waals surface area contributed by atoms with Gasteiger partial charge in [0.25, 0.3) is 0 Å². The van der Waals surface area contributed by atoms with Gasteiger partial charge in [-0.1, -0.05) is 36.7 Å². The summed E-state index contributed by atoms with van der Waals surface area (Å²) in [6.07, 6.45) is 2.13. The number of alkyl halides is 1. The summed E-state index contributed by atoms with van der Waals surface area (Å²) >= 11 is 3.61. The number of halogens is 1. The van der Waals surface area contributed by atoms with Gasteiger partial charge in [0.1, 0.15) is 0 Å². The van der Waals surface area contributed by atoms with Crippen LogP contribution in [0.3, 0.4) is 0 Å². The van der Waals surface area contributed by atoms with Crippen molar-refractivity contribution in [1.82, 2.24) is 4.90 Å². The van der Waals surface area contributed by atoms with Crippen LogP contribution in [-0.4, -0.2) is 28.7 Å². The van der Waals surface area contributed by atoms with Gasteiger partial charge in [0.05, 0.1) is 0 Å². The molecule has 3 heteroatoms. The highest BCUT2D eigenvalue weighted by molar-refractivity contribution is 9.09. The molecule has 0 radical (unpaired) electrons. The van der Waals surface area contributed by atoms with Crippen molar-refractivity contribution in [2.75, 3.05) is 13.1 Å². The Kier molecular flexibility index (Phi) is 4.42. The van der Waals surface area contributed by atoms with Gasteiger partial charge in [-0.3, -0.25) is 4.79 Å². The molecule has 0 aromatic carbocycles. The van der Waals surface area contributed by atoms with Gasteiger partial charge in [-0.15, -0.1) is 0 Å². The largest absolute Gasteiger partial charge is 0.341 e. The third-order valence-corrected chi connectivity index (χ3v) is 3.62. The van der Waals surface area contributed by atoms with Crippen LogP contribution < -0.4 is 0 Å². The Bertz CT molecular complexity index is 197. The minimum Gasteiger partial charge on any atom is -0.341 e. The van der Waals surface area contributed by atoms with Crippen molar-refractivity contribution in [2.24, 2.45) is 11.8 Å². The number of nitrogens with zero attached hydrogens (tertiary/aromatic N) is 1. The summed E-state index contributed by atoms with van der Waals surface area (Å²) in [6.45, 7) is 8.12. The standard InChI is InChI=1S/C11H20BrNO/c1-4-9(3)11(14)13-6-8(2)5-10(12)7-13/h8-10H,4-7H2,1-3H3. The van der Waals surface area contributed by atoms with Crippen LogP contribution in [0.1, 0.15) is 33.6 Å². The average Bonchev–Trinajstić information content (AvgIpc) is 2.14. The highest BCUT2D eigenvalue weighted by atomic mass is 79.9. The molecule has 0 aliphatic carbocycles. The fraction of sp³-hybridized carbons (Fsp3) is 0.909. The van der Waals surface area contributed by atoms with Gasteiger partial charge in [-0.05, 0) is 18.8 Å². The second-order valence-corrected chi connectivity index (χ2v) is 5.79. The molecule has 1 amide bonds. The first-order chi connectivity index (χ1) is 6.54. The van der Waals surface area contributed by atoms with Crippen molar-refractivity contribution < 1.29 is 4.79 Å². The van der Waals surface area contributed by atoms with Crippen LogP contribution in [-0.2, 0) is 4.79 Å². The molecule has 1 fully saturated rings. The number of likely N-dealkylation sites (tertiary alicyclic amines) is 1. The molecule has 0 aromatic heterocycles. The minimum atomic E-state index is 0.181. The van der Waals surface area contributed by atoms with E-state index >= 15 is 0 Å². The highest BCUT2D eigenvalue weighted by Gasteiger charge is 2.28. The molecule has 0 aromatic rings. The summed E-state index contributed by atoms with van der Waals surface area (Å²) in [5.74, 6) is 1.13. The number of amides is 1. The van der Waals surface area contributed by atoms with Crippen molar-refractivity contribution in [3.8, 4) is 0 Å². The molecule has 1 heterocycles. The third kappa shape index (κ3) is 2.97. The van der Waals surface area contributed by atoms with Crippen LogP contribution in [0.5, 0.6) is 0 Å². The van der Waals surface area contributed by atoms with Gasteiger partial charge in [-0.25, -0.2) is 0 Å². The average molecular weight is 262 g/mol. The van der Waals surface area contributed by atoms with E-state index in [0.29, 0.717) is 16.7 Å². The Morgan fingerprint density at radius 3 is 2.71 bits per heavy atom. The lowest BCUT2D eigenvalue weighted by atomic mass is 9.98. The molecule has 1 aliphatic heterocycles. The van der Waals surface area contributed by atoms with Gasteiger partial charge >= 0.3 is 0 Å². The zero-order valence-corrected chi connectivity index (χ0v) is 10.9. The molecule has 0 saturated carbocycles. The number of hydrogen-bond donors (Lipinski definition) is 0. The van der Waals surface area contributed by atoms with E-state index in [4.69, 9.17) is 0 Å². The maximum absolute atomic E-state index is 11.9. The Hall–Kier alpha value is -0.0500. The second-order valence-electron chi connectivity index (χ2n) is 4.49. The predicted octanol–water partition coefficient (Wildman–Crippen LogP) is 2.66. The normalized spacial score (nSPS) is 30.1. The monoisotopic (exact) mass is 261 g/mol. The maximum atomic E-state index is 11.9. The van der Waals surface area contributed by atoms with Gasteiger partial charge in [0, 0.05) is 23.8 Å². The van der Waals surface area contributed by atoms with Gasteiger partial charge in [0.2, 0.25) is 5.91 Å². The topological polar surface area (TPSA) is 20.3 Å². The van der Waals surface area contributed by atoms with Crippen molar-refractivity contribution in [2.45, 2.75) is 38.4 Å². The summed E-state index contributed by atoms with van der Waals surface area (Å²) in [5, 5.41) is 0. The molecule has 3 unspecified atom stereocenters. The predicted molar refractivity (Wildman–Crippen MR) is 62.5 cm³/mol. The zero-order chi connectivity index (χ0) is 10.7. The molecule has 1 aliphatic rings. The zero-order valence-electron chi connectivity index (χ0n) is 9.29. The van der Waals surface area contributed by atoms with E-state index < -0.39 is 0 Å². The molecule has 0 bridgehead atoms. The summed E-state index contributed by atoms with van der Waals surface area (Å²) in [5.41, 5.74) is 0. The third-order valence-electron chi connectivity index (χ3n) is 2.95. The molecule has 3 atom stereocenters. The van der Waals surface area contributed by atoms with Crippen LogP contribution in [0.15, 0.2) is 0 Å². The van der Waals surface area contributed by atoms with E-state index in [9.17, 15) is 4.79 Å². The van der Waals surface area contributed by atoms with E-state index in [2.05, 4.69) is 29.8 Å². The Morgan fingerprint density at radius 1 is 1.57 bits per heavy atom. The summed E-state index contributed by atoms with van der Waals surface area (Å²) in [4.78, 5) is 14.4. The number of carbonyl (C=O) groups is 1. The molecular formula is C11H20BrNO. The summed E-state index contributed by atoms with van der Waals surface area (Å²) < 4.78 is 0. The molecule has 82 valence electrons. The van der Waals surface area contributed by atoms with Crippen molar-refractivity contribution in [3.63, 3.8) is 0 Å². The summed E-state index contributed by atoms with van der Waals surface area (Å²) in [6, 6.07) is 0. The van der Waals surface area contributed by atoms with E-state index in [1.165, 1.54) is 6.42 Å². The quantitative estimate of drug-likeness (QED) is 0.700. The number of carbonyl (C=O) groups excluding carboxylic acids is 1. The molecule has 0 spiro atoms. The first kappa shape index (κ1) is 12.0. The lowest BCUT2D eigenvalue weighted by Crippen LogP contribution is -2.45. The molecule has 14 heavy (non-hydrogen) atoms. The van der Waals surface area contributed by atoms with Crippen molar-refractivity contribution >= 4 is 21.8 Å². The van der Waals surface area contributed by atoms with Crippen LogP contribution in [0.25, 0.3) is 0 Å². The number of rotatable bonds is 2. The minimum absolute atomic E-state index is 0.181. The van der Waals surface area contributed by atoms with E-state index in [1.54, 1.807) is 0 Å². The molecule has 1 rings (SSSR count). The fourth-order valence-corrected chi connectivity index (χ4v) is 2.93. The Labute approximate surface area is 95.2 Å².